The van der Waals surface area contributed by atoms with Crippen LogP contribution >= 0.6 is 0 Å². The number of benzene rings is 2. The fraction of sp³-hybridized carbons (Fsp3) is 0.381. The zero-order valence-corrected chi connectivity index (χ0v) is 15.6. The summed E-state index contributed by atoms with van der Waals surface area (Å²) < 4.78 is 10.9. The first-order chi connectivity index (χ1) is 12.6. The molecule has 0 bridgehead atoms. The van der Waals surface area contributed by atoms with E-state index in [4.69, 9.17) is 9.47 Å². The first kappa shape index (κ1) is 18.3. The average molecular weight is 354 g/mol. The van der Waals surface area contributed by atoms with Gasteiger partial charge in [-0.1, -0.05) is 18.2 Å². The molecule has 1 amide bonds. The first-order valence-electron chi connectivity index (χ1n) is 8.91. The molecule has 0 spiro atoms. The average Bonchev–Trinajstić information content (AvgIpc) is 3.15. The molecule has 2 aromatic rings. The highest BCUT2D eigenvalue weighted by molar-refractivity contribution is 5.94. The molecular formula is C21H26N2O3. The van der Waals surface area contributed by atoms with Crippen molar-refractivity contribution in [2.75, 3.05) is 39.3 Å². The molecule has 0 N–H and O–H groups in total. The van der Waals surface area contributed by atoms with Gasteiger partial charge >= 0.3 is 0 Å². The Bertz CT molecular complexity index is 748. The molecule has 1 aliphatic heterocycles. The van der Waals surface area contributed by atoms with Crippen molar-refractivity contribution in [3.8, 4) is 11.5 Å². The Hall–Kier alpha value is -2.53. The van der Waals surface area contributed by atoms with E-state index in [0.717, 1.165) is 42.1 Å². The molecule has 1 unspecified atom stereocenters. The van der Waals surface area contributed by atoms with Gasteiger partial charge in [0.15, 0.2) is 0 Å². The quantitative estimate of drug-likeness (QED) is 0.796. The van der Waals surface area contributed by atoms with Crippen molar-refractivity contribution < 1.29 is 14.3 Å². The lowest BCUT2D eigenvalue weighted by Crippen LogP contribution is -2.38. The van der Waals surface area contributed by atoms with Gasteiger partial charge in [0.1, 0.15) is 11.5 Å². The molecule has 0 aromatic heterocycles. The molecule has 1 fully saturated rings. The summed E-state index contributed by atoms with van der Waals surface area (Å²) in [6, 6.07) is 15.7. The number of ether oxygens (including phenoxy) is 2. The third-order valence-electron chi connectivity index (χ3n) is 5.02. The number of carbonyl (C=O) groups excluding carboxylic acids is 1. The topological polar surface area (TPSA) is 42.0 Å². The zero-order valence-electron chi connectivity index (χ0n) is 15.6. The van der Waals surface area contributed by atoms with Gasteiger partial charge in [-0.3, -0.25) is 9.69 Å². The van der Waals surface area contributed by atoms with Gasteiger partial charge in [0, 0.05) is 24.3 Å². The predicted octanol–water partition coefficient (Wildman–Crippen LogP) is 3.50. The van der Waals surface area contributed by atoms with Crippen LogP contribution in [-0.2, 0) is 4.79 Å². The summed E-state index contributed by atoms with van der Waals surface area (Å²) >= 11 is 0. The largest absolute Gasteiger partial charge is 0.497 e. The van der Waals surface area contributed by atoms with Crippen LogP contribution in [0.2, 0.25) is 0 Å². The Labute approximate surface area is 155 Å². The molecule has 5 heteroatoms. The van der Waals surface area contributed by atoms with Crippen molar-refractivity contribution in [2.24, 2.45) is 0 Å². The van der Waals surface area contributed by atoms with Gasteiger partial charge in [-0.15, -0.1) is 0 Å². The van der Waals surface area contributed by atoms with E-state index in [-0.39, 0.29) is 11.9 Å². The lowest BCUT2D eigenvalue weighted by molar-refractivity contribution is -0.119. The zero-order chi connectivity index (χ0) is 18.5. The summed E-state index contributed by atoms with van der Waals surface area (Å²) in [7, 11) is 5.17. The number of likely N-dealkylation sites (tertiary alicyclic amines) is 1. The molecular weight excluding hydrogens is 328 g/mol. The summed E-state index contributed by atoms with van der Waals surface area (Å²) in [5.74, 6) is 1.73. The summed E-state index contributed by atoms with van der Waals surface area (Å²) in [6.07, 6.45) is 2.07. The molecule has 2 aromatic carbocycles. The van der Waals surface area contributed by atoms with E-state index in [1.54, 1.807) is 19.1 Å². The van der Waals surface area contributed by atoms with Gasteiger partial charge in [0.25, 0.3) is 0 Å². The van der Waals surface area contributed by atoms with Crippen molar-refractivity contribution in [3.05, 3.63) is 54.1 Å². The van der Waals surface area contributed by atoms with Gasteiger partial charge in [0.2, 0.25) is 5.91 Å². The van der Waals surface area contributed by atoms with Crippen LogP contribution in [-0.4, -0.2) is 45.2 Å². The Balaban J connectivity index is 1.77. The molecule has 1 aliphatic rings. The molecule has 1 heterocycles. The molecule has 138 valence electrons. The van der Waals surface area contributed by atoms with Crippen LogP contribution in [0, 0.1) is 0 Å². The Kier molecular flexibility index (Phi) is 5.78. The van der Waals surface area contributed by atoms with Crippen LogP contribution in [0.15, 0.2) is 48.5 Å². The molecule has 5 nitrogen and oxygen atoms in total. The van der Waals surface area contributed by atoms with Gasteiger partial charge < -0.3 is 14.4 Å². The minimum absolute atomic E-state index is 0.0879. The third-order valence-corrected chi connectivity index (χ3v) is 5.02. The second-order valence-corrected chi connectivity index (χ2v) is 6.52. The molecule has 0 saturated carbocycles. The maximum Gasteiger partial charge on any atom is 0.240 e. The van der Waals surface area contributed by atoms with Crippen molar-refractivity contribution in [1.82, 2.24) is 4.90 Å². The van der Waals surface area contributed by atoms with E-state index in [9.17, 15) is 4.79 Å². The third kappa shape index (κ3) is 3.83. The minimum atomic E-state index is 0.0879. The number of nitrogens with zero attached hydrogens (tertiary/aromatic N) is 2. The van der Waals surface area contributed by atoms with Crippen molar-refractivity contribution in [2.45, 2.75) is 18.9 Å². The molecule has 3 rings (SSSR count). The van der Waals surface area contributed by atoms with Gasteiger partial charge in [-0.05, 0) is 49.7 Å². The first-order valence-corrected chi connectivity index (χ1v) is 8.91. The molecule has 0 radical (unpaired) electrons. The predicted molar refractivity (Wildman–Crippen MR) is 103 cm³/mol. The van der Waals surface area contributed by atoms with E-state index in [2.05, 4.69) is 4.90 Å². The SMILES string of the molecule is COc1ccc(OC)c(C2CCCN2CC(=O)N(C)c2ccccc2)c1. The highest BCUT2D eigenvalue weighted by atomic mass is 16.5. The number of anilines is 1. The monoisotopic (exact) mass is 354 g/mol. The van der Waals surface area contributed by atoms with E-state index in [1.807, 2.05) is 55.6 Å². The fourth-order valence-corrected chi connectivity index (χ4v) is 3.54. The normalized spacial score (nSPS) is 17.1. The second kappa shape index (κ2) is 8.23. The molecule has 0 aliphatic carbocycles. The van der Waals surface area contributed by atoms with Crippen LogP contribution in [0.4, 0.5) is 5.69 Å². The number of para-hydroxylation sites is 1. The number of carbonyl (C=O) groups is 1. The van der Waals surface area contributed by atoms with Crippen LogP contribution < -0.4 is 14.4 Å². The highest BCUT2D eigenvalue weighted by Crippen LogP contribution is 2.38. The number of methoxy groups -OCH3 is 2. The van der Waals surface area contributed by atoms with Gasteiger partial charge in [-0.2, -0.15) is 0 Å². The number of rotatable bonds is 6. The maximum absolute atomic E-state index is 12.8. The standard InChI is InChI=1S/C21H26N2O3/c1-22(16-8-5-4-6-9-16)21(24)15-23-13-7-10-19(23)18-14-17(25-2)11-12-20(18)26-3/h4-6,8-9,11-12,14,19H,7,10,13,15H2,1-3H3. The van der Waals surface area contributed by atoms with Gasteiger partial charge in [0.05, 0.1) is 20.8 Å². The highest BCUT2D eigenvalue weighted by Gasteiger charge is 2.31. The number of likely N-dealkylation sites (N-methyl/N-ethyl adjacent to an activating group) is 1. The van der Waals surface area contributed by atoms with E-state index in [0.29, 0.717) is 6.54 Å². The second-order valence-electron chi connectivity index (χ2n) is 6.52. The fourth-order valence-electron chi connectivity index (χ4n) is 3.54. The lowest BCUT2D eigenvalue weighted by Gasteiger charge is -2.28. The van der Waals surface area contributed by atoms with Crippen molar-refractivity contribution in [3.63, 3.8) is 0 Å². The summed E-state index contributed by atoms with van der Waals surface area (Å²) in [5.41, 5.74) is 1.99. The van der Waals surface area contributed by atoms with Gasteiger partial charge in [-0.25, -0.2) is 0 Å². The van der Waals surface area contributed by atoms with E-state index < -0.39 is 0 Å². The maximum atomic E-state index is 12.8. The lowest BCUT2D eigenvalue weighted by atomic mass is 10.0. The van der Waals surface area contributed by atoms with Crippen LogP contribution in [0.5, 0.6) is 11.5 Å². The molecule has 26 heavy (non-hydrogen) atoms. The van der Waals surface area contributed by atoms with Crippen molar-refractivity contribution >= 4 is 11.6 Å². The minimum Gasteiger partial charge on any atom is -0.497 e. The number of hydrogen-bond acceptors (Lipinski definition) is 4. The summed E-state index contributed by atoms with van der Waals surface area (Å²) in [5, 5.41) is 0. The number of hydrogen-bond donors (Lipinski definition) is 0. The number of amides is 1. The molecule has 1 saturated heterocycles. The Morgan fingerprint density at radius 1 is 1.15 bits per heavy atom. The van der Waals surface area contributed by atoms with E-state index >= 15 is 0 Å². The summed E-state index contributed by atoms with van der Waals surface area (Å²) in [6.45, 7) is 1.29. The summed E-state index contributed by atoms with van der Waals surface area (Å²) in [4.78, 5) is 16.7. The van der Waals surface area contributed by atoms with Crippen LogP contribution in [0.1, 0.15) is 24.4 Å². The van der Waals surface area contributed by atoms with Crippen molar-refractivity contribution in [1.29, 1.82) is 0 Å². The van der Waals surface area contributed by atoms with Crippen LogP contribution in [0.3, 0.4) is 0 Å². The molecule has 1 atom stereocenters. The van der Waals surface area contributed by atoms with E-state index in [1.165, 1.54) is 0 Å². The Morgan fingerprint density at radius 3 is 2.62 bits per heavy atom. The Morgan fingerprint density at radius 2 is 1.92 bits per heavy atom. The smallest absolute Gasteiger partial charge is 0.240 e. The van der Waals surface area contributed by atoms with Crippen LogP contribution in [0.25, 0.3) is 0 Å².